The Kier molecular flexibility index (Phi) is 8.50. The van der Waals surface area contributed by atoms with E-state index in [1.165, 1.54) is 11.8 Å². The van der Waals surface area contributed by atoms with Crippen LogP contribution >= 0.6 is 0 Å². The molecule has 50 heavy (non-hydrogen) atoms. The van der Waals surface area contributed by atoms with E-state index in [-0.39, 0.29) is 30.5 Å². The Morgan fingerprint density at radius 2 is 2.02 bits per heavy atom. The zero-order valence-corrected chi connectivity index (χ0v) is 28.2. The molecule has 7 rings (SSSR count). The summed E-state index contributed by atoms with van der Waals surface area (Å²) in [7, 11) is 3.32. The summed E-state index contributed by atoms with van der Waals surface area (Å²) in [5, 5.41) is 4.48. The lowest BCUT2D eigenvalue weighted by Crippen LogP contribution is -2.43. The SMILES string of the molecule is C=C1CN2CCC[C@]2(COc2nc3c(c(N4CCn5nc(C(=O)N(C)C)cc5C4)n2)CO[C@@H](c2c(F)c(N)cc(C#CC)c2C(F)(F)F)C3)C1. The van der Waals surface area contributed by atoms with Gasteiger partial charge in [0.05, 0.1) is 54.0 Å². The molecule has 15 heteroatoms. The van der Waals surface area contributed by atoms with E-state index in [1.807, 2.05) is 4.90 Å². The van der Waals surface area contributed by atoms with Gasteiger partial charge in [0, 0.05) is 50.3 Å². The maximum atomic E-state index is 15.7. The third-order valence-corrected chi connectivity index (χ3v) is 9.98. The molecule has 1 aromatic carbocycles. The topological polar surface area (TPSA) is 115 Å². The zero-order valence-electron chi connectivity index (χ0n) is 28.2. The lowest BCUT2D eigenvalue weighted by atomic mass is 9.90. The van der Waals surface area contributed by atoms with E-state index < -0.39 is 40.5 Å². The van der Waals surface area contributed by atoms with Crippen molar-refractivity contribution in [1.82, 2.24) is 29.5 Å². The smallest absolute Gasteiger partial charge is 0.418 e. The van der Waals surface area contributed by atoms with Crippen LogP contribution in [0.25, 0.3) is 0 Å². The first kappa shape index (κ1) is 33.8. The van der Waals surface area contributed by atoms with Crippen molar-refractivity contribution < 1.29 is 31.8 Å². The van der Waals surface area contributed by atoms with Gasteiger partial charge in [-0.1, -0.05) is 18.1 Å². The molecule has 0 saturated carbocycles. The van der Waals surface area contributed by atoms with Crippen LogP contribution in [0.5, 0.6) is 6.01 Å². The number of nitrogens with two attached hydrogens (primary N) is 1. The molecule has 4 aliphatic heterocycles. The fourth-order valence-electron chi connectivity index (χ4n) is 7.71. The van der Waals surface area contributed by atoms with Crippen molar-refractivity contribution in [3.05, 3.63) is 69.4 Å². The van der Waals surface area contributed by atoms with E-state index in [0.29, 0.717) is 49.0 Å². The van der Waals surface area contributed by atoms with Crippen molar-refractivity contribution in [2.45, 2.75) is 70.1 Å². The largest absolute Gasteiger partial charge is 0.461 e. The number of aromatic nitrogens is 4. The highest BCUT2D eigenvalue weighted by Gasteiger charge is 2.47. The number of halogens is 4. The monoisotopic (exact) mass is 694 g/mol. The maximum absolute atomic E-state index is 15.7. The summed E-state index contributed by atoms with van der Waals surface area (Å²) < 4.78 is 73.4. The summed E-state index contributed by atoms with van der Waals surface area (Å²) in [4.78, 5) is 28.0. The maximum Gasteiger partial charge on any atom is 0.418 e. The molecule has 2 fully saturated rings. The molecule has 11 nitrogen and oxygen atoms in total. The number of benzene rings is 1. The second-order valence-electron chi connectivity index (χ2n) is 13.6. The van der Waals surface area contributed by atoms with Crippen LogP contribution < -0.4 is 15.4 Å². The number of anilines is 2. The zero-order chi connectivity index (χ0) is 35.5. The van der Waals surface area contributed by atoms with Crippen LogP contribution in [0.1, 0.15) is 76.4 Å². The molecule has 0 unspecified atom stereocenters. The van der Waals surface area contributed by atoms with Gasteiger partial charge in [0.25, 0.3) is 5.91 Å². The standard InChI is InChI=1S/C35H38F4N8O3/c1-5-7-21-12-24(40)30(36)28(29(21)35(37,38)39)27-14-25-23(18-49-27)31(45-10-11-47-22(17-45)13-26(43-47)32(48)44(3)4)42-33(41-25)50-19-34-8-6-9-46(34)16-20(2)15-34/h12-13,27H,2,6,8-11,14-19,40H2,1,3-4H3/t27-,34-/m1/s1. The van der Waals surface area contributed by atoms with Crippen molar-refractivity contribution in [3.8, 4) is 17.9 Å². The van der Waals surface area contributed by atoms with Crippen LogP contribution in [-0.2, 0) is 37.0 Å². The predicted octanol–water partition coefficient (Wildman–Crippen LogP) is 4.49. The Labute approximate surface area is 287 Å². The highest BCUT2D eigenvalue weighted by molar-refractivity contribution is 5.92. The average molecular weight is 695 g/mol. The number of nitrogens with zero attached hydrogens (tertiary/aromatic N) is 7. The number of ether oxygens (including phenoxy) is 2. The number of fused-ring (bicyclic) bond motifs is 3. The molecular formula is C35H38F4N8O3. The highest BCUT2D eigenvalue weighted by Crippen LogP contribution is 2.45. The fourth-order valence-corrected chi connectivity index (χ4v) is 7.71. The van der Waals surface area contributed by atoms with Crippen molar-refractivity contribution in [2.75, 3.05) is 51.0 Å². The van der Waals surface area contributed by atoms with Gasteiger partial charge in [-0.15, -0.1) is 5.92 Å². The van der Waals surface area contributed by atoms with E-state index in [0.717, 1.165) is 49.7 Å². The summed E-state index contributed by atoms with van der Waals surface area (Å²) >= 11 is 0. The number of alkyl halides is 3. The number of nitrogen functional groups attached to an aromatic ring is 1. The number of hydrogen-bond donors (Lipinski definition) is 1. The van der Waals surface area contributed by atoms with Crippen LogP contribution in [-0.4, -0.2) is 81.3 Å². The molecule has 0 bridgehead atoms. The van der Waals surface area contributed by atoms with Gasteiger partial charge >= 0.3 is 12.2 Å². The molecule has 2 saturated heterocycles. The Hall–Kier alpha value is -4.68. The first-order valence-electron chi connectivity index (χ1n) is 16.5. The first-order chi connectivity index (χ1) is 23.8. The van der Waals surface area contributed by atoms with Gasteiger partial charge in [-0.2, -0.15) is 28.2 Å². The molecular weight excluding hydrogens is 656 g/mol. The molecule has 2 atom stereocenters. The lowest BCUT2D eigenvalue weighted by Gasteiger charge is -2.34. The molecule has 0 radical (unpaired) electrons. The first-order valence-corrected chi connectivity index (χ1v) is 16.5. The minimum absolute atomic E-state index is 0.0716. The Bertz CT molecular complexity index is 1950. The molecule has 0 aliphatic carbocycles. The van der Waals surface area contributed by atoms with Crippen LogP contribution in [0.3, 0.4) is 0 Å². The fraction of sp³-hybridized carbons (Fsp3) is 0.486. The predicted molar refractivity (Wildman–Crippen MR) is 176 cm³/mol. The minimum Gasteiger partial charge on any atom is -0.461 e. The Morgan fingerprint density at radius 3 is 2.76 bits per heavy atom. The molecule has 0 spiro atoms. The van der Waals surface area contributed by atoms with Gasteiger partial charge in [0.2, 0.25) is 0 Å². The summed E-state index contributed by atoms with van der Waals surface area (Å²) in [6, 6.07) is 2.72. The van der Waals surface area contributed by atoms with Crippen molar-refractivity contribution in [2.24, 2.45) is 0 Å². The van der Waals surface area contributed by atoms with Crippen molar-refractivity contribution in [3.63, 3.8) is 0 Å². The second kappa shape index (κ2) is 12.6. The van der Waals surface area contributed by atoms with E-state index in [9.17, 15) is 18.0 Å². The highest BCUT2D eigenvalue weighted by atomic mass is 19.4. The summed E-state index contributed by atoms with van der Waals surface area (Å²) in [5.74, 6) is 3.97. The quantitative estimate of drug-likeness (QED) is 0.173. The molecule has 4 aliphatic rings. The molecule has 2 N–H and O–H groups in total. The van der Waals surface area contributed by atoms with Gasteiger partial charge < -0.3 is 25.0 Å². The number of amides is 1. The van der Waals surface area contributed by atoms with Crippen molar-refractivity contribution in [1.29, 1.82) is 0 Å². The molecule has 264 valence electrons. The third kappa shape index (κ3) is 5.94. The molecule has 3 aromatic rings. The van der Waals surface area contributed by atoms with E-state index in [2.05, 4.69) is 28.4 Å². The van der Waals surface area contributed by atoms with Gasteiger partial charge in [0.15, 0.2) is 11.5 Å². The summed E-state index contributed by atoms with van der Waals surface area (Å²) in [5.41, 5.74) is 6.05. The van der Waals surface area contributed by atoms with Gasteiger partial charge in [0.1, 0.15) is 12.4 Å². The van der Waals surface area contributed by atoms with Crippen LogP contribution in [0.4, 0.5) is 29.1 Å². The van der Waals surface area contributed by atoms with Gasteiger partial charge in [-0.3, -0.25) is 14.4 Å². The normalized spacial score (nSPS) is 21.7. The molecule has 2 aromatic heterocycles. The minimum atomic E-state index is -4.93. The van der Waals surface area contributed by atoms with Crippen LogP contribution in [0.15, 0.2) is 24.3 Å². The van der Waals surface area contributed by atoms with E-state index >= 15 is 4.39 Å². The number of carbonyl (C=O) groups excluding carboxylic acids is 1. The lowest BCUT2D eigenvalue weighted by molar-refractivity contribution is -0.140. The van der Waals surface area contributed by atoms with E-state index in [4.69, 9.17) is 25.2 Å². The molecule has 1 amide bonds. The summed E-state index contributed by atoms with van der Waals surface area (Å²) in [6.45, 7) is 8.73. The Balaban J connectivity index is 1.27. The van der Waals surface area contributed by atoms with Crippen LogP contribution in [0.2, 0.25) is 0 Å². The van der Waals surface area contributed by atoms with Gasteiger partial charge in [-0.25, -0.2) is 4.39 Å². The number of hydrogen-bond acceptors (Lipinski definition) is 9. The van der Waals surface area contributed by atoms with E-state index in [1.54, 1.807) is 24.8 Å². The molecule has 6 heterocycles. The number of rotatable bonds is 6. The summed E-state index contributed by atoms with van der Waals surface area (Å²) in [6.07, 6.45) is -3.72. The number of carbonyl (C=O) groups is 1. The third-order valence-electron chi connectivity index (χ3n) is 9.98. The second-order valence-corrected chi connectivity index (χ2v) is 13.6. The van der Waals surface area contributed by atoms with Crippen LogP contribution in [0, 0.1) is 17.7 Å². The van der Waals surface area contributed by atoms with Gasteiger partial charge in [-0.05, 0) is 44.9 Å². The Morgan fingerprint density at radius 1 is 1.22 bits per heavy atom. The average Bonchev–Trinajstić information content (AvgIpc) is 3.75. The van der Waals surface area contributed by atoms with Crippen molar-refractivity contribution >= 4 is 17.4 Å².